The maximum Gasteiger partial charge on any atom is 0.223 e. The predicted molar refractivity (Wildman–Crippen MR) is 77.1 cm³/mol. The summed E-state index contributed by atoms with van der Waals surface area (Å²) in [5.74, 6) is 0.413. The maximum absolute atomic E-state index is 12.2. The molecule has 0 saturated carbocycles. The van der Waals surface area contributed by atoms with Gasteiger partial charge in [0.2, 0.25) is 5.91 Å². The van der Waals surface area contributed by atoms with Gasteiger partial charge in [0.05, 0.1) is 11.5 Å². The number of aryl methyl sites for hydroxylation is 1. The Hall–Kier alpha value is -0.880. The lowest BCUT2D eigenvalue weighted by Gasteiger charge is -2.26. The molecule has 1 aliphatic heterocycles. The highest BCUT2D eigenvalue weighted by molar-refractivity contribution is 7.91. The van der Waals surface area contributed by atoms with E-state index in [9.17, 15) is 13.2 Å². The van der Waals surface area contributed by atoms with E-state index in [-0.39, 0.29) is 23.5 Å². The first-order valence-corrected chi connectivity index (χ1v) is 9.24. The van der Waals surface area contributed by atoms with Crippen LogP contribution in [-0.2, 0) is 21.1 Å². The average Bonchev–Trinajstić information content (AvgIpc) is 2.97. The number of thiophene rings is 1. The normalized spacial score (nSPS) is 21.4. The molecule has 1 unspecified atom stereocenters. The molecule has 0 aliphatic carbocycles. The summed E-state index contributed by atoms with van der Waals surface area (Å²) in [5.41, 5.74) is 0. The zero-order valence-corrected chi connectivity index (χ0v) is 12.7. The highest BCUT2D eigenvalue weighted by Crippen LogP contribution is 2.19. The molecule has 1 saturated heterocycles. The van der Waals surface area contributed by atoms with Crippen molar-refractivity contribution in [3.05, 3.63) is 22.4 Å². The first kappa shape index (κ1) is 14.5. The smallest absolute Gasteiger partial charge is 0.223 e. The fraction of sp³-hybridized carbons (Fsp3) is 0.615. The first-order valence-electron chi connectivity index (χ1n) is 6.54. The molecule has 1 aliphatic rings. The highest BCUT2D eigenvalue weighted by Gasteiger charge is 2.33. The van der Waals surface area contributed by atoms with Gasteiger partial charge in [-0.2, -0.15) is 0 Å². The highest BCUT2D eigenvalue weighted by atomic mass is 32.2. The van der Waals surface area contributed by atoms with Gasteiger partial charge in [0.25, 0.3) is 0 Å². The molecule has 0 spiro atoms. The Labute approximate surface area is 118 Å². The van der Waals surface area contributed by atoms with E-state index in [1.54, 1.807) is 16.2 Å². The molecular weight excluding hydrogens is 282 g/mol. The molecule has 19 heavy (non-hydrogen) atoms. The lowest BCUT2D eigenvalue weighted by atomic mass is 10.2. The fourth-order valence-electron chi connectivity index (χ4n) is 2.49. The number of sulfone groups is 1. The molecule has 1 atom stereocenters. The van der Waals surface area contributed by atoms with Gasteiger partial charge in [0, 0.05) is 23.9 Å². The van der Waals surface area contributed by atoms with Crippen molar-refractivity contribution >= 4 is 27.1 Å². The van der Waals surface area contributed by atoms with E-state index in [1.807, 2.05) is 24.4 Å². The molecule has 0 radical (unpaired) electrons. The molecule has 4 nitrogen and oxygen atoms in total. The van der Waals surface area contributed by atoms with Gasteiger partial charge in [-0.15, -0.1) is 11.3 Å². The van der Waals surface area contributed by atoms with Crippen LogP contribution in [0.2, 0.25) is 0 Å². The lowest BCUT2D eigenvalue weighted by Crippen LogP contribution is -2.41. The minimum atomic E-state index is -2.93. The maximum atomic E-state index is 12.2. The molecule has 0 aromatic carbocycles. The largest absolute Gasteiger partial charge is 0.339 e. The molecular formula is C13H19NO3S2. The molecule has 6 heteroatoms. The predicted octanol–water partition coefficient (Wildman–Crippen LogP) is 1.72. The van der Waals surface area contributed by atoms with E-state index >= 15 is 0 Å². The van der Waals surface area contributed by atoms with Crippen molar-refractivity contribution in [3.63, 3.8) is 0 Å². The Kier molecular flexibility index (Phi) is 4.62. The summed E-state index contributed by atoms with van der Waals surface area (Å²) in [6.45, 7) is 2.50. The Morgan fingerprint density at radius 3 is 2.84 bits per heavy atom. The van der Waals surface area contributed by atoms with Gasteiger partial charge in [-0.25, -0.2) is 8.42 Å². The van der Waals surface area contributed by atoms with Gasteiger partial charge >= 0.3 is 0 Å². The van der Waals surface area contributed by atoms with Crippen LogP contribution in [0.1, 0.15) is 24.6 Å². The Bertz CT molecular complexity index is 522. The van der Waals surface area contributed by atoms with Gasteiger partial charge in [0.15, 0.2) is 9.84 Å². The summed E-state index contributed by atoms with van der Waals surface area (Å²) in [6, 6.07) is 3.88. The molecule has 106 valence electrons. The van der Waals surface area contributed by atoms with Gasteiger partial charge in [0.1, 0.15) is 0 Å². The van der Waals surface area contributed by atoms with Crippen LogP contribution in [0.25, 0.3) is 0 Å². The molecule has 2 rings (SSSR count). The third-order valence-corrected chi connectivity index (χ3v) is 6.16. The molecule has 2 heterocycles. The van der Waals surface area contributed by atoms with E-state index in [1.165, 1.54) is 4.88 Å². The monoisotopic (exact) mass is 301 g/mol. The van der Waals surface area contributed by atoms with Crippen LogP contribution in [0.3, 0.4) is 0 Å². The van der Waals surface area contributed by atoms with Crippen molar-refractivity contribution < 1.29 is 13.2 Å². The molecule has 0 N–H and O–H groups in total. The summed E-state index contributed by atoms with van der Waals surface area (Å²) in [4.78, 5) is 15.1. The average molecular weight is 301 g/mol. The van der Waals surface area contributed by atoms with Crippen molar-refractivity contribution in [3.8, 4) is 0 Å². The van der Waals surface area contributed by atoms with E-state index in [4.69, 9.17) is 0 Å². The number of amides is 1. The zero-order valence-electron chi connectivity index (χ0n) is 11.0. The number of hydrogen-bond donors (Lipinski definition) is 0. The number of carbonyl (C=O) groups is 1. The zero-order chi connectivity index (χ0) is 13.9. The van der Waals surface area contributed by atoms with Crippen LogP contribution < -0.4 is 0 Å². The summed E-state index contributed by atoms with van der Waals surface area (Å²) in [6.07, 6.45) is 1.79. The van der Waals surface area contributed by atoms with Gasteiger partial charge in [-0.05, 0) is 31.2 Å². The van der Waals surface area contributed by atoms with Crippen molar-refractivity contribution in [1.82, 2.24) is 4.90 Å². The number of hydrogen-bond acceptors (Lipinski definition) is 4. The van der Waals surface area contributed by atoms with E-state index in [2.05, 4.69) is 0 Å². The van der Waals surface area contributed by atoms with Crippen molar-refractivity contribution in [1.29, 1.82) is 0 Å². The molecule has 1 aromatic rings. The summed E-state index contributed by atoms with van der Waals surface area (Å²) in [5, 5.41) is 2.00. The van der Waals surface area contributed by atoms with E-state index in [0.717, 1.165) is 6.42 Å². The second-order valence-corrected chi connectivity index (χ2v) is 8.08. The van der Waals surface area contributed by atoms with E-state index in [0.29, 0.717) is 19.4 Å². The number of carbonyl (C=O) groups excluding carboxylic acids is 1. The SMILES string of the molecule is CCN(C(=O)CCc1cccs1)C1CCS(=O)(=O)C1. The third kappa shape index (κ3) is 3.79. The van der Waals surface area contributed by atoms with Crippen LogP contribution in [0.15, 0.2) is 17.5 Å². The number of nitrogens with zero attached hydrogens (tertiary/aromatic N) is 1. The van der Waals surface area contributed by atoms with Crippen LogP contribution in [0.5, 0.6) is 0 Å². The number of rotatable bonds is 5. The molecule has 1 amide bonds. The van der Waals surface area contributed by atoms with Crippen molar-refractivity contribution in [2.24, 2.45) is 0 Å². The topological polar surface area (TPSA) is 54.5 Å². The summed E-state index contributed by atoms with van der Waals surface area (Å²) < 4.78 is 23.0. The van der Waals surface area contributed by atoms with Crippen LogP contribution >= 0.6 is 11.3 Å². The van der Waals surface area contributed by atoms with Crippen molar-refractivity contribution in [2.45, 2.75) is 32.2 Å². The molecule has 1 aromatic heterocycles. The first-order chi connectivity index (χ1) is 9.02. The van der Waals surface area contributed by atoms with E-state index < -0.39 is 9.84 Å². The molecule has 1 fully saturated rings. The Balaban J connectivity index is 1.92. The van der Waals surface area contributed by atoms with Gasteiger partial charge in [-0.3, -0.25) is 4.79 Å². The van der Waals surface area contributed by atoms with Crippen LogP contribution in [0.4, 0.5) is 0 Å². The fourth-order valence-corrected chi connectivity index (χ4v) is 4.93. The second kappa shape index (κ2) is 6.05. The lowest BCUT2D eigenvalue weighted by molar-refractivity contribution is -0.132. The Morgan fingerprint density at radius 1 is 1.53 bits per heavy atom. The quantitative estimate of drug-likeness (QED) is 0.832. The van der Waals surface area contributed by atoms with Crippen LogP contribution in [-0.4, -0.2) is 43.3 Å². The minimum absolute atomic E-state index is 0.0676. The van der Waals surface area contributed by atoms with Crippen molar-refractivity contribution in [2.75, 3.05) is 18.1 Å². The Morgan fingerprint density at radius 2 is 2.32 bits per heavy atom. The van der Waals surface area contributed by atoms with Gasteiger partial charge in [-0.1, -0.05) is 6.07 Å². The summed E-state index contributed by atoms with van der Waals surface area (Å²) >= 11 is 1.65. The third-order valence-electron chi connectivity index (χ3n) is 3.48. The summed E-state index contributed by atoms with van der Waals surface area (Å²) in [7, 11) is -2.93. The standard InChI is InChI=1S/C13H19NO3S2/c1-2-14(11-7-9-19(16,17)10-11)13(15)6-5-12-4-3-8-18-12/h3-4,8,11H,2,5-7,9-10H2,1H3. The van der Waals surface area contributed by atoms with Gasteiger partial charge < -0.3 is 4.90 Å². The minimum Gasteiger partial charge on any atom is -0.339 e. The van der Waals surface area contributed by atoms with Crippen LogP contribution in [0, 0.1) is 0 Å². The molecule has 0 bridgehead atoms. The second-order valence-electron chi connectivity index (χ2n) is 4.82.